The fourth-order valence-electron chi connectivity index (χ4n) is 1.90. The lowest BCUT2D eigenvalue weighted by molar-refractivity contribution is -0.117. The Labute approximate surface area is 99.6 Å². The lowest BCUT2D eigenvalue weighted by atomic mass is 10.1. The molecule has 1 saturated heterocycles. The molecular weight excluding hydrogens is 226 g/mol. The third kappa shape index (κ3) is 2.06. The number of nitrogens with zero attached hydrogens (tertiary/aromatic N) is 1. The van der Waals surface area contributed by atoms with Crippen LogP contribution in [0.1, 0.15) is 12.0 Å². The molecule has 4 heteroatoms. The average Bonchev–Trinajstić information content (AvgIpc) is 2.64. The number of halogens is 1. The van der Waals surface area contributed by atoms with Gasteiger partial charge in [-0.1, -0.05) is 17.7 Å². The van der Waals surface area contributed by atoms with E-state index in [0.717, 1.165) is 11.3 Å². The molecule has 0 saturated carbocycles. The van der Waals surface area contributed by atoms with Crippen LogP contribution in [0.15, 0.2) is 18.2 Å². The molecule has 1 N–H and O–H groups in total. The quantitative estimate of drug-likeness (QED) is 0.858. The molecule has 3 nitrogen and oxygen atoms in total. The van der Waals surface area contributed by atoms with E-state index >= 15 is 0 Å². The predicted molar refractivity (Wildman–Crippen MR) is 63.7 cm³/mol. The van der Waals surface area contributed by atoms with Gasteiger partial charge in [-0.3, -0.25) is 4.79 Å². The van der Waals surface area contributed by atoms with Crippen molar-refractivity contribution in [2.75, 3.05) is 18.1 Å². The smallest absolute Gasteiger partial charge is 0.227 e. The number of rotatable bonds is 2. The number of aryl methyl sites for hydroxylation is 1. The highest BCUT2D eigenvalue weighted by Gasteiger charge is 2.30. The standard InChI is InChI=1S/C12H14ClNO2/c1-8-2-3-10(5-11(8)13)14-6-9(7-15)4-12(14)16/h2-3,5,9,15H,4,6-7H2,1H3. The molecule has 1 aromatic carbocycles. The van der Waals surface area contributed by atoms with Gasteiger partial charge < -0.3 is 10.0 Å². The summed E-state index contributed by atoms with van der Waals surface area (Å²) in [5.74, 6) is 0.103. The summed E-state index contributed by atoms with van der Waals surface area (Å²) >= 11 is 6.02. The first-order valence-electron chi connectivity index (χ1n) is 5.29. The zero-order valence-corrected chi connectivity index (χ0v) is 9.87. The van der Waals surface area contributed by atoms with Crippen LogP contribution in [0.2, 0.25) is 5.02 Å². The fourth-order valence-corrected chi connectivity index (χ4v) is 2.08. The van der Waals surface area contributed by atoms with Crippen molar-refractivity contribution in [3.63, 3.8) is 0 Å². The molecule has 0 aromatic heterocycles. The molecule has 0 bridgehead atoms. The van der Waals surface area contributed by atoms with Gasteiger partial charge in [0.2, 0.25) is 5.91 Å². The van der Waals surface area contributed by atoms with E-state index in [0.29, 0.717) is 18.0 Å². The van der Waals surface area contributed by atoms with Crippen molar-refractivity contribution >= 4 is 23.2 Å². The maximum Gasteiger partial charge on any atom is 0.227 e. The van der Waals surface area contributed by atoms with Crippen LogP contribution in [0.4, 0.5) is 5.69 Å². The van der Waals surface area contributed by atoms with Crippen LogP contribution in [0.5, 0.6) is 0 Å². The molecule has 1 amide bonds. The molecule has 0 radical (unpaired) electrons. The lowest BCUT2D eigenvalue weighted by Crippen LogP contribution is -2.24. The van der Waals surface area contributed by atoms with E-state index in [1.54, 1.807) is 11.0 Å². The van der Waals surface area contributed by atoms with E-state index in [9.17, 15) is 4.79 Å². The predicted octanol–water partition coefficient (Wildman–Crippen LogP) is 1.99. The van der Waals surface area contributed by atoms with Gasteiger partial charge in [-0.25, -0.2) is 0 Å². The molecule has 16 heavy (non-hydrogen) atoms. The summed E-state index contributed by atoms with van der Waals surface area (Å²) in [6.45, 7) is 2.56. The maximum atomic E-state index is 11.7. The minimum Gasteiger partial charge on any atom is -0.396 e. The zero-order chi connectivity index (χ0) is 11.7. The number of benzene rings is 1. The number of anilines is 1. The van der Waals surface area contributed by atoms with E-state index in [1.165, 1.54) is 0 Å². The Morgan fingerprint density at radius 1 is 1.56 bits per heavy atom. The van der Waals surface area contributed by atoms with Gasteiger partial charge in [0.1, 0.15) is 0 Å². The zero-order valence-electron chi connectivity index (χ0n) is 9.11. The van der Waals surface area contributed by atoms with Gasteiger partial charge in [-0.15, -0.1) is 0 Å². The van der Waals surface area contributed by atoms with Gasteiger partial charge in [0.15, 0.2) is 0 Å². The van der Waals surface area contributed by atoms with Crippen LogP contribution in [-0.4, -0.2) is 24.2 Å². The monoisotopic (exact) mass is 239 g/mol. The molecule has 0 spiro atoms. The highest BCUT2D eigenvalue weighted by Crippen LogP contribution is 2.28. The number of carbonyl (C=O) groups excluding carboxylic acids is 1. The third-order valence-corrected chi connectivity index (χ3v) is 3.34. The van der Waals surface area contributed by atoms with Crippen molar-refractivity contribution in [1.82, 2.24) is 0 Å². The van der Waals surface area contributed by atoms with Crippen molar-refractivity contribution in [3.8, 4) is 0 Å². The van der Waals surface area contributed by atoms with Gasteiger partial charge in [-0.2, -0.15) is 0 Å². The molecule has 1 aliphatic heterocycles. The summed E-state index contributed by atoms with van der Waals surface area (Å²) in [4.78, 5) is 13.4. The fraction of sp³-hybridized carbons (Fsp3) is 0.417. The Hall–Kier alpha value is -1.06. The summed E-state index contributed by atoms with van der Waals surface area (Å²) in [6, 6.07) is 5.59. The van der Waals surface area contributed by atoms with E-state index in [2.05, 4.69) is 0 Å². The van der Waals surface area contributed by atoms with Gasteiger partial charge in [0.05, 0.1) is 0 Å². The second-order valence-electron chi connectivity index (χ2n) is 4.19. The summed E-state index contributed by atoms with van der Waals surface area (Å²) in [7, 11) is 0. The first kappa shape index (κ1) is 11.4. The van der Waals surface area contributed by atoms with E-state index in [1.807, 2.05) is 19.1 Å². The van der Waals surface area contributed by atoms with Crippen LogP contribution in [0.3, 0.4) is 0 Å². The SMILES string of the molecule is Cc1ccc(N2CC(CO)CC2=O)cc1Cl. The van der Waals surface area contributed by atoms with Crippen molar-refractivity contribution in [3.05, 3.63) is 28.8 Å². The Morgan fingerprint density at radius 3 is 2.88 bits per heavy atom. The molecule has 1 unspecified atom stereocenters. The number of aliphatic hydroxyl groups excluding tert-OH is 1. The Morgan fingerprint density at radius 2 is 2.31 bits per heavy atom. The Balaban J connectivity index is 2.24. The van der Waals surface area contributed by atoms with E-state index in [4.69, 9.17) is 16.7 Å². The second kappa shape index (κ2) is 4.44. The second-order valence-corrected chi connectivity index (χ2v) is 4.60. The van der Waals surface area contributed by atoms with Gasteiger partial charge >= 0.3 is 0 Å². The molecule has 0 aliphatic carbocycles. The average molecular weight is 240 g/mol. The number of carbonyl (C=O) groups is 1. The highest BCUT2D eigenvalue weighted by molar-refractivity contribution is 6.31. The maximum absolute atomic E-state index is 11.7. The van der Waals surface area contributed by atoms with Gasteiger partial charge in [-0.05, 0) is 24.6 Å². The van der Waals surface area contributed by atoms with Crippen LogP contribution in [0.25, 0.3) is 0 Å². The van der Waals surface area contributed by atoms with Crippen LogP contribution in [0, 0.1) is 12.8 Å². The minimum atomic E-state index is 0.0487. The van der Waals surface area contributed by atoms with Gasteiger partial charge in [0.25, 0.3) is 0 Å². The normalized spacial score (nSPS) is 20.6. The van der Waals surface area contributed by atoms with Crippen molar-refractivity contribution in [2.24, 2.45) is 5.92 Å². The number of hydrogen-bond donors (Lipinski definition) is 1. The number of hydrogen-bond acceptors (Lipinski definition) is 2. The largest absolute Gasteiger partial charge is 0.396 e. The summed E-state index contributed by atoms with van der Waals surface area (Å²) in [5.41, 5.74) is 1.81. The molecule has 86 valence electrons. The Kier molecular flexibility index (Phi) is 3.17. The molecule has 1 aliphatic rings. The first-order valence-corrected chi connectivity index (χ1v) is 5.67. The molecular formula is C12H14ClNO2. The summed E-state index contributed by atoms with van der Waals surface area (Å²) in [5, 5.41) is 9.71. The molecule has 1 fully saturated rings. The summed E-state index contributed by atoms with van der Waals surface area (Å²) < 4.78 is 0. The molecule has 1 heterocycles. The number of aliphatic hydroxyl groups is 1. The van der Waals surface area contributed by atoms with Crippen LogP contribution in [-0.2, 0) is 4.79 Å². The highest BCUT2D eigenvalue weighted by atomic mass is 35.5. The molecule has 1 atom stereocenters. The molecule has 2 rings (SSSR count). The molecule has 1 aromatic rings. The number of amides is 1. The third-order valence-electron chi connectivity index (χ3n) is 2.93. The van der Waals surface area contributed by atoms with Crippen molar-refractivity contribution < 1.29 is 9.90 Å². The Bertz CT molecular complexity index is 419. The first-order chi connectivity index (χ1) is 7.61. The van der Waals surface area contributed by atoms with Crippen LogP contribution < -0.4 is 4.90 Å². The van der Waals surface area contributed by atoms with Crippen molar-refractivity contribution in [1.29, 1.82) is 0 Å². The lowest BCUT2D eigenvalue weighted by Gasteiger charge is -2.17. The minimum absolute atomic E-state index is 0.0487. The van der Waals surface area contributed by atoms with E-state index < -0.39 is 0 Å². The topological polar surface area (TPSA) is 40.5 Å². The van der Waals surface area contributed by atoms with E-state index in [-0.39, 0.29) is 18.4 Å². The van der Waals surface area contributed by atoms with Gasteiger partial charge in [0, 0.05) is 36.2 Å². The van der Waals surface area contributed by atoms with Crippen molar-refractivity contribution in [2.45, 2.75) is 13.3 Å². The summed E-state index contributed by atoms with van der Waals surface area (Å²) in [6.07, 6.45) is 0.419. The van der Waals surface area contributed by atoms with Crippen LogP contribution >= 0.6 is 11.6 Å².